The summed E-state index contributed by atoms with van der Waals surface area (Å²) >= 11 is 1.38. The fraction of sp³-hybridized carbons (Fsp3) is 0.283. The maximum atomic E-state index is 13.5. The van der Waals surface area contributed by atoms with Gasteiger partial charge in [-0.05, 0) is 106 Å². The van der Waals surface area contributed by atoms with Crippen molar-refractivity contribution in [3.8, 4) is 23.0 Å². The van der Waals surface area contributed by atoms with Crippen LogP contribution in [0, 0.1) is 11.8 Å². The first-order valence-corrected chi connectivity index (χ1v) is 20.6. The van der Waals surface area contributed by atoms with Crippen molar-refractivity contribution in [1.82, 2.24) is 4.98 Å². The van der Waals surface area contributed by atoms with Gasteiger partial charge < -0.3 is 23.7 Å². The first-order valence-electron chi connectivity index (χ1n) is 19.7. The lowest BCUT2D eigenvalue weighted by atomic mass is 9.82. The molecule has 60 heavy (non-hydrogen) atoms. The lowest BCUT2D eigenvalue weighted by Crippen LogP contribution is -2.30. The first-order chi connectivity index (χ1) is 29.3. The van der Waals surface area contributed by atoms with Crippen LogP contribution in [0.15, 0.2) is 115 Å². The summed E-state index contributed by atoms with van der Waals surface area (Å²) < 4.78 is 28.3. The summed E-state index contributed by atoms with van der Waals surface area (Å²) in [6.45, 7) is 4.46. The number of nitrogens with zero attached hydrogens (tertiary/aromatic N) is 3. The van der Waals surface area contributed by atoms with Gasteiger partial charge in [0.05, 0.1) is 41.5 Å². The third-order valence-corrected chi connectivity index (χ3v) is 10.8. The predicted octanol–water partition coefficient (Wildman–Crippen LogP) is 8.54. The van der Waals surface area contributed by atoms with Gasteiger partial charge in [-0.3, -0.25) is 19.2 Å². The van der Waals surface area contributed by atoms with E-state index in [2.05, 4.69) is 11.7 Å². The lowest BCUT2D eigenvalue weighted by molar-refractivity contribution is -0.145. The number of esters is 3. The molecule has 0 radical (unpaired) electrons. The minimum atomic E-state index is -0.465. The first kappa shape index (κ1) is 42.9. The van der Waals surface area contributed by atoms with Crippen LogP contribution in [0.1, 0.15) is 67.3 Å². The van der Waals surface area contributed by atoms with E-state index in [0.717, 1.165) is 42.0 Å². The standard InChI is InChI=1S/C46H45N3O10S/c1-2-43(52)56-27-11-4-3-10-26-55-36-20-22-37(23-21-36)58-44(53)33-16-18-34(19-17-33)45(54)59-41-25-24-38(57-31-50)28-35(41)29-47-49(30-40(51)32-12-6-5-7-13-32)46-48-39-14-8-9-15-42(39)60-46/h2,5-9,12-15,20-25,28-29,31,33-34H,1,3-4,10-11,16-19,26-27,30H2/b47-29+. The third-order valence-electron chi connectivity index (χ3n) is 9.76. The van der Waals surface area contributed by atoms with Crippen molar-refractivity contribution in [3.63, 3.8) is 0 Å². The van der Waals surface area contributed by atoms with Gasteiger partial charge in [0.1, 0.15) is 29.5 Å². The Bertz CT molecular complexity index is 2250. The second kappa shape index (κ2) is 21.9. The molecule has 310 valence electrons. The van der Waals surface area contributed by atoms with Crippen molar-refractivity contribution in [2.75, 3.05) is 24.8 Å². The van der Waals surface area contributed by atoms with E-state index in [1.807, 2.05) is 30.3 Å². The number of fused-ring (bicyclic) bond motifs is 1. The van der Waals surface area contributed by atoms with Gasteiger partial charge in [-0.2, -0.15) is 5.10 Å². The van der Waals surface area contributed by atoms with Gasteiger partial charge in [-0.1, -0.05) is 60.4 Å². The maximum Gasteiger partial charge on any atom is 0.330 e. The molecule has 14 heteroatoms. The Labute approximate surface area is 351 Å². The van der Waals surface area contributed by atoms with Gasteiger partial charge in [0.25, 0.3) is 6.47 Å². The van der Waals surface area contributed by atoms with E-state index in [0.29, 0.717) is 73.1 Å². The molecule has 1 heterocycles. The number of hydrogen-bond acceptors (Lipinski definition) is 14. The van der Waals surface area contributed by atoms with Crippen LogP contribution in [0.5, 0.6) is 23.0 Å². The number of Topliss-reactive ketones (excluding diaryl/α,β-unsaturated/α-hetero) is 1. The van der Waals surface area contributed by atoms with E-state index in [1.54, 1.807) is 48.5 Å². The van der Waals surface area contributed by atoms with E-state index in [9.17, 15) is 24.0 Å². The maximum absolute atomic E-state index is 13.5. The second-order valence-corrected chi connectivity index (χ2v) is 15.0. The number of rotatable bonds is 21. The Morgan fingerprint density at radius 1 is 0.767 bits per heavy atom. The Hall–Kier alpha value is -6.67. The van der Waals surface area contributed by atoms with E-state index in [4.69, 9.17) is 28.7 Å². The Kier molecular flexibility index (Phi) is 15.7. The van der Waals surface area contributed by atoms with Crippen LogP contribution in [-0.2, 0) is 23.9 Å². The van der Waals surface area contributed by atoms with Crippen LogP contribution in [0.3, 0.4) is 0 Å². The average molecular weight is 832 g/mol. The summed E-state index contributed by atoms with van der Waals surface area (Å²) in [7, 11) is 0. The number of carbonyl (C=O) groups is 5. The minimum Gasteiger partial charge on any atom is -0.494 e. The molecule has 0 aliphatic heterocycles. The van der Waals surface area contributed by atoms with Crippen molar-refractivity contribution < 1.29 is 47.7 Å². The zero-order valence-corrected chi connectivity index (χ0v) is 33.8. The zero-order valence-electron chi connectivity index (χ0n) is 32.9. The van der Waals surface area contributed by atoms with Gasteiger partial charge in [0.2, 0.25) is 5.13 Å². The van der Waals surface area contributed by atoms with Gasteiger partial charge in [0.15, 0.2) is 5.78 Å². The molecule has 1 fully saturated rings. The number of aromatic nitrogens is 1. The summed E-state index contributed by atoms with van der Waals surface area (Å²) in [5.74, 6) is -0.796. The Morgan fingerprint density at radius 3 is 2.12 bits per heavy atom. The summed E-state index contributed by atoms with van der Waals surface area (Å²) in [4.78, 5) is 66.9. The van der Waals surface area contributed by atoms with E-state index >= 15 is 0 Å². The van der Waals surface area contributed by atoms with Crippen LogP contribution in [0.4, 0.5) is 5.13 Å². The van der Waals surface area contributed by atoms with E-state index in [1.165, 1.54) is 40.8 Å². The molecule has 13 nitrogen and oxygen atoms in total. The van der Waals surface area contributed by atoms with Crippen LogP contribution in [0.2, 0.25) is 0 Å². The van der Waals surface area contributed by atoms with Gasteiger partial charge in [-0.25, -0.2) is 14.8 Å². The largest absolute Gasteiger partial charge is 0.494 e. The van der Waals surface area contributed by atoms with Crippen molar-refractivity contribution >= 4 is 63.1 Å². The van der Waals surface area contributed by atoms with Gasteiger partial charge in [0, 0.05) is 17.2 Å². The number of hydrogen-bond donors (Lipinski definition) is 0. The molecule has 0 N–H and O–H groups in total. The van der Waals surface area contributed by atoms with Crippen LogP contribution in [-0.4, -0.2) is 61.1 Å². The summed E-state index contributed by atoms with van der Waals surface area (Å²) in [5.41, 5.74) is 1.60. The normalized spacial score (nSPS) is 14.9. The molecule has 0 atom stereocenters. The van der Waals surface area contributed by atoms with Crippen molar-refractivity contribution in [2.45, 2.75) is 51.4 Å². The number of benzene rings is 4. The number of para-hydroxylation sites is 1. The predicted molar refractivity (Wildman–Crippen MR) is 227 cm³/mol. The number of ether oxygens (including phenoxy) is 5. The molecule has 0 bridgehead atoms. The fourth-order valence-corrected chi connectivity index (χ4v) is 7.42. The molecular formula is C46H45N3O10S. The van der Waals surface area contributed by atoms with Crippen molar-refractivity contribution in [2.24, 2.45) is 16.9 Å². The molecular weight excluding hydrogens is 787 g/mol. The van der Waals surface area contributed by atoms with Crippen LogP contribution in [0.25, 0.3) is 10.2 Å². The minimum absolute atomic E-state index is 0.118. The summed E-state index contributed by atoms with van der Waals surface area (Å²) in [6, 6.07) is 27.9. The highest BCUT2D eigenvalue weighted by Gasteiger charge is 2.32. The van der Waals surface area contributed by atoms with Crippen molar-refractivity contribution in [3.05, 3.63) is 121 Å². The van der Waals surface area contributed by atoms with Crippen molar-refractivity contribution in [1.29, 1.82) is 0 Å². The second-order valence-electron chi connectivity index (χ2n) is 14.0. The molecule has 0 saturated heterocycles. The van der Waals surface area contributed by atoms with E-state index < -0.39 is 17.9 Å². The zero-order chi connectivity index (χ0) is 42.1. The number of unbranched alkanes of at least 4 members (excludes halogenated alkanes) is 3. The molecule has 5 aromatic rings. The van der Waals surface area contributed by atoms with Gasteiger partial charge in [-0.15, -0.1) is 0 Å². The number of thiazole rings is 1. The molecule has 6 rings (SSSR count). The summed E-state index contributed by atoms with van der Waals surface area (Å²) in [6.07, 6.45) is 7.83. The highest BCUT2D eigenvalue weighted by molar-refractivity contribution is 7.22. The molecule has 4 aromatic carbocycles. The Morgan fingerprint density at radius 2 is 1.42 bits per heavy atom. The monoisotopic (exact) mass is 831 g/mol. The molecule has 1 aliphatic carbocycles. The smallest absolute Gasteiger partial charge is 0.330 e. The number of ketones is 1. The average Bonchev–Trinajstić information content (AvgIpc) is 3.72. The lowest BCUT2D eigenvalue weighted by Gasteiger charge is -2.26. The number of anilines is 1. The SMILES string of the molecule is C=CC(=O)OCCCCCCOc1ccc(OC(=O)C2CCC(C(=O)Oc3ccc(OC=O)cc3/C=N/N(CC(=O)c3ccccc3)c3nc4ccccc4s3)CC2)cc1. The number of hydrazone groups is 1. The van der Waals surface area contributed by atoms with Gasteiger partial charge >= 0.3 is 17.9 Å². The van der Waals surface area contributed by atoms with E-state index in [-0.39, 0.29) is 35.7 Å². The number of carbonyl (C=O) groups excluding carboxylic acids is 5. The molecule has 0 amide bonds. The molecule has 1 aromatic heterocycles. The highest BCUT2D eigenvalue weighted by atomic mass is 32.1. The molecule has 1 saturated carbocycles. The topological polar surface area (TPSA) is 160 Å². The molecule has 1 aliphatic rings. The fourth-order valence-electron chi connectivity index (χ4n) is 6.50. The quantitative estimate of drug-likeness (QED) is 0.0102. The molecule has 0 spiro atoms. The third kappa shape index (κ3) is 12.4. The Balaban J connectivity index is 1.02. The highest BCUT2D eigenvalue weighted by Crippen LogP contribution is 2.33. The van der Waals surface area contributed by atoms with Crippen LogP contribution < -0.4 is 24.0 Å². The van der Waals surface area contributed by atoms with Crippen LogP contribution >= 0.6 is 11.3 Å². The molecule has 0 unspecified atom stereocenters. The summed E-state index contributed by atoms with van der Waals surface area (Å²) in [5, 5.41) is 6.61.